The molecule has 212 valence electrons. The second-order valence-electron chi connectivity index (χ2n) is 10.7. The molecule has 2 aromatic carbocycles. The summed E-state index contributed by atoms with van der Waals surface area (Å²) in [6, 6.07) is 4.73. The third-order valence-electron chi connectivity index (χ3n) is 7.79. The Morgan fingerprint density at radius 3 is 2.13 bits per heavy atom. The largest absolute Gasteiger partial charge is 0.389 e. The Morgan fingerprint density at radius 2 is 1.56 bits per heavy atom. The molecule has 3 saturated carbocycles. The van der Waals surface area contributed by atoms with Gasteiger partial charge in [-0.1, -0.05) is 11.6 Å². The molecule has 3 fully saturated rings. The van der Waals surface area contributed by atoms with Crippen molar-refractivity contribution in [3.8, 4) is 0 Å². The molecule has 0 saturated heterocycles. The number of amides is 1. The number of hydrogen-bond acceptors (Lipinski definition) is 6. The van der Waals surface area contributed by atoms with Crippen molar-refractivity contribution < 1.29 is 39.9 Å². The summed E-state index contributed by atoms with van der Waals surface area (Å²) >= 11 is 6.25. The molecule has 2 aromatic rings. The number of sulfone groups is 1. The van der Waals surface area contributed by atoms with Gasteiger partial charge in [0.05, 0.1) is 26.0 Å². The molecule has 2 unspecified atom stereocenters. The van der Waals surface area contributed by atoms with E-state index in [-0.39, 0.29) is 40.6 Å². The number of benzene rings is 2. The molecular weight excluding hydrogens is 581 g/mol. The number of fused-ring (bicyclic) bond motifs is 2. The number of carbonyl (C=O) groups is 1. The Balaban J connectivity index is 1.35. The van der Waals surface area contributed by atoms with Crippen LogP contribution in [-0.2, 0) is 19.9 Å². The van der Waals surface area contributed by atoms with Gasteiger partial charge in [-0.05, 0) is 68.6 Å². The molecule has 39 heavy (non-hydrogen) atoms. The Labute approximate surface area is 228 Å². The van der Waals surface area contributed by atoms with E-state index in [0.717, 1.165) is 6.07 Å². The van der Waals surface area contributed by atoms with Gasteiger partial charge in [-0.2, -0.15) is 0 Å². The first kappa shape index (κ1) is 28.3. The van der Waals surface area contributed by atoms with Crippen LogP contribution >= 0.6 is 11.6 Å². The predicted octanol–water partition coefficient (Wildman–Crippen LogP) is 3.78. The summed E-state index contributed by atoms with van der Waals surface area (Å²) in [5, 5.41) is 11.9. The Hall–Kier alpha value is -2.19. The van der Waals surface area contributed by atoms with Crippen molar-refractivity contribution in [2.75, 3.05) is 11.9 Å². The lowest BCUT2D eigenvalue weighted by atomic mass is 9.77. The van der Waals surface area contributed by atoms with Crippen LogP contribution in [0.4, 0.5) is 18.9 Å². The van der Waals surface area contributed by atoms with Crippen LogP contribution in [0.1, 0.15) is 48.9 Å². The van der Waals surface area contributed by atoms with Crippen molar-refractivity contribution >= 4 is 43.1 Å². The summed E-state index contributed by atoms with van der Waals surface area (Å²) in [7, 11) is -7.62. The first-order valence-electron chi connectivity index (χ1n) is 12.4. The first-order valence-corrected chi connectivity index (χ1v) is 15.9. The molecule has 5 rings (SSSR count). The van der Waals surface area contributed by atoms with Crippen LogP contribution in [0.3, 0.4) is 0 Å². The van der Waals surface area contributed by atoms with Gasteiger partial charge in [0, 0.05) is 29.9 Å². The average molecular weight is 607 g/mol. The quantitative estimate of drug-likeness (QED) is 0.392. The van der Waals surface area contributed by atoms with Crippen LogP contribution in [0.25, 0.3) is 0 Å². The van der Waals surface area contributed by atoms with Crippen molar-refractivity contribution in [2.45, 2.75) is 59.5 Å². The molecule has 4 atom stereocenters. The van der Waals surface area contributed by atoms with Crippen LogP contribution in [-0.4, -0.2) is 50.5 Å². The molecule has 3 aliphatic carbocycles. The van der Waals surface area contributed by atoms with Crippen LogP contribution in [0, 0.1) is 29.3 Å². The molecule has 3 aliphatic rings. The van der Waals surface area contributed by atoms with Gasteiger partial charge in [-0.15, -0.1) is 0 Å². The van der Waals surface area contributed by atoms with E-state index in [4.69, 9.17) is 11.6 Å². The van der Waals surface area contributed by atoms with E-state index in [0.29, 0.717) is 37.8 Å². The highest BCUT2D eigenvalue weighted by molar-refractivity contribution is 7.92. The van der Waals surface area contributed by atoms with E-state index < -0.39 is 71.2 Å². The minimum atomic E-state index is -4.10. The molecule has 3 N–H and O–H groups in total. The average Bonchev–Trinajstić information content (AvgIpc) is 3.67. The van der Waals surface area contributed by atoms with Crippen molar-refractivity contribution in [3.63, 3.8) is 0 Å². The maximum absolute atomic E-state index is 13.8. The number of rotatable bonds is 8. The normalized spacial score (nSPS) is 26.9. The number of aliphatic hydroxyl groups is 1. The summed E-state index contributed by atoms with van der Waals surface area (Å²) in [5.41, 5.74) is -1.90. The third kappa shape index (κ3) is 5.56. The molecule has 0 spiro atoms. The van der Waals surface area contributed by atoms with E-state index in [2.05, 4.69) is 10.0 Å². The van der Waals surface area contributed by atoms with Gasteiger partial charge in [0.25, 0.3) is 5.91 Å². The van der Waals surface area contributed by atoms with E-state index in [1.807, 2.05) is 0 Å². The van der Waals surface area contributed by atoms with Crippen LogP contribution in [0.2, 0.25) is 5.02 Å². The number of carbonyl (C=O) groups excluding carboxylic acids is 1. The highest BCUT2D eigenvalue weighted by Gasteiger charge is 2.54. The van der Waals surface area contributed by atoms with Crippen LogP contribution in [0.15, 0.2) is 35.2 Å². The molecule has 0 aromatic heterocycles. The summed E-state index contributed by atoms with van der Waals surface area (Å²) in [6.07, 6.45) is 2.36. The van der Waals surface area contributed by atoms with Crippen molar-refractivity contribution in [3.05, 3.63) is 58.4 Å². The van der Waals surface area contributed by atoms with Gasteiger partial charge < -0.3 is 10.4 Å². The third-order valence-corrected chi connectivity index (χ3v) is 12.6. The maximum atomic E-state index is 13.8. The minimum Gasteiger partial charge on any atom is -0.389 e. The van der Waals surface area contributed by atoms with E-state index in [1.165, 1.54) is 12.1 Å². The summed E-state index contributed by atoms with van der Waals surface area (Å²) in [6.45, 7) is -0.188. The van der Waals surface area contributed by atoms with Crippen LogP contribution in [0.5, 0.6) is 0 Å². The van der Waals surface area contributed by atoms with Gasteiger partial charge >= 0.3 is 0 Å². The van der Waals surface area contributed by atoms with Gasteiger partial charge in [0.1, 0.15) is 0 Å². The minimum absolute atomic E-state index is 0.0834. The number of hydrogen-bond donors (Lipinski definition) is 3. The number of halogens is 4. The smallest absolute Gasteiger partial charge is 0.255 e. The fraction of sp³-hybridized carbons (Fsp3) is 0.480. The van der Waals surface area contributed by atoms with Crippen molar-refractivity contribution in [1.29, 1.82) is 0 Å². The first-order chi connectivity index (χ1) is 18.2. The zero-order valence-electron chi connectivity index (χ0n) is 20.5. The second-order valence-corrected chi connectivity index (χ2v) is 15.2. The lowest BCUT2D eigenvalue weighted by Crippen LogP contribution is -2.52. The zero-order chi connectivity index (χ0) is 28.3. The van der Waals surface area contributed by atoms with E-state index in [1.54, 1.807) is 0 Å². The molecule has 8 nitrogen and oxygen atoms in total. The second kappa shape index (κ2) is 10.0. The number of sulfonamides is 1. The molecular formula is C25H26ClF3N2O6S2. The Morgan fingerprint density at radius 1 is 0.974 bits per heavy atom. The summed E-state index contributed by atoms with van der Waals surface area (Å²) < 4.78 is 94.9. The van der Waals surface area contributed by atoms with Crippen molar-refractivity contribution in [2.24, 2.45) is 11.8 Å². The highest BCUT2D eigenvalue weighted by atomic mass is 35.5. The standard InChI is InChI=1S/C25H26ClF3N2O6S2/c26-18-6-3-13(24(32)31-16-8-19(27)22(29)20(28)9-16)7-21(18)38(34,35)23-14-1-2-15(23)11-25(33,10-14)12-30-39(36,37)17-4-5-17/h3,6-9,14-15,17,23,30,33H,1-2,4-5,10-12H2,(H,31,32)/t14-,15?,23?,25-/m0/s1. The zero-order valence-corrected chi connectivity index (χ0v) is 22.9. The molecule has 0 aliphatic heterocycles. The van der Waals surface area contributed by atoms with Crippen LogP contribution < -0.4 is 10.0 Å². The van der Waals surface area contributed by atoms with Gasteiger partial charge in [0.2, 0.25) is 10.0 Å². The van der Waals surface area contributed by atoms with E-state index in [9.17, 15) is 39.9 Å². The Kier molecular flexibility index (Phi) is 7.28. The lowest BCUT2D eigenvalue weighted by Gasteiger charge is -2.41. The van der Waals surface area contributed by atoms with Gasteiger partial charge in [-0.25, -0.2) is 34.7 Å². The molecule has 2 bridgehead atoms. The van der Waals surface area contributed by atoms with Crippen molar-refractivity contribution in [1.82, 2.24) is 4.72 Å². The highest BCUT2D eigenvalue weighted by Crippen LogP contribution is 2.51. The Bertz CT molecular complexity index is 1510. The van der Waals surface area contributed by atoms with Gasteiger partial charge in [-0.3, -0.25) is 4.79 Å². The molecule has 1 amide bonds. The number of nitrogens with one attached hydrogen (secondary N) is 2. The molecule has 0 radical (unpaired) electrons. The summed E-state index contributed by atoms with van der Waals surface area (Å²) in [4.78, 5) is 12.4. The SMILES string of the molecule is O=C(Nc1cc(F)c(F)c(F)c1)c1ccc(Cl)c(S(=O)(=O)C2C3CC[C@H]2C[C@@](O)(CNS(=O)(=O)C2CC2)C3)c1. The monoisotopic (exact) mass is 606 g/mol. The van der Waals surface area contributed by atoms with Gasteiger partial charge in [0.15, 0.2) is 27.3 Å². The fourth-order valence-electron chi connectivity index (χ4n) is 5.86. The number of anilines is 1. The van der Waals surface area contributed by atoms with E-state index >= 15 is 0 Å². The topological polar surface area (TPSA) is 130 Å². The predicted molar refractivity (Wildman–Crippen MR) is 137 cm³/mol. The fourth-order valence-corrected chi connectivity index (χ4v) is 10.2. The maximum Gasteiger partial charge on any atom is 0.255 e. The molecule has 14 heteroatoms. The molecule has 0 heterocycles. The lowest BCUT2D eigenvalue weighted by molar-refractivity contribution is -0.0136. The summed E-state index contributed by atoms with van der Waals surface area (Å²) in [5.74, 6) is -6.50.